The van der Waals surface area contributed by atoms with Crippen molar-refractivity contribution in [2.75, 3.05) is 0 Å². The quantitative estimate of drug-likeness (QED) is 0.111. The molecule has 0 aliphatic heterocycles. The fourth-order valence-corrected chi connectivity index (χ4v) is 23.8. The van der Waals surface area contributed by atoms with Gasteiger partial charge in [0.15, 0.2) is 52.4 Å². The maximum Gasteiger partial charge on any atom is 0.164 e. The van der Waals surface area contributed by atoms with Gasteiger partial charge in [-0.15, -0.1) is 56.7 Å². The Balaban J connectivity index is 0.000000109. The van der Waals surface area contributed by atoms with E-state index in [1.807, 2.05) is 89.4 Å². The molecule has 0 bridgehead atoms. The summed E-state index contributed by atoms with van der Waals surface area (Å²) in [6, 6.07) is 156. The zero-order valence-corrected chi connectivity index (χ0v) is 76.3. The van der Waals surface area contributed by atoms with E-state index in [0.29, 0.717) is 52.4 Å². The summed E-state index contributed by atoms with van der Waals surface area (Å²) < 4.78 is 12.8. The summed E-state index contributed by atoms with van der Waals surface area (Å²) >= 11 is 9.09. The molecule has 0 saturated heterocycles. The topological polar surface area (TPSA) is 116 Å². The predicted molar refractivity (Wildman–Crippen MR) is 572 cm³/mol. The van der Waals surface area contributed by atoms with Crippen molar-refractivity contribution in [2.45, 2.75) is 0 Å². The minimum atomic E-state index is 0.653. The number of benzene rings is 19. The second kappa shape index (κ2) is 34.7. The van der Waals surface area contributed by atoms with Gasteiger partial charge in [0.25, 0.3) is 0 Å². The molecule has 19 aromatic carbocycles. The molecular formula is C121H73N9S5. The van der Waals surface area contributed by atoms with Gasteiger partial charge < -0.3 is 0 Å². The summed E-state index contributed by atoms with van der Waals surface area (Å²) in [6.07, 6.45) is 0. The first-order valence-corrected chi connectivity index (χ1v) is 48.8. The van der Waals surface area contributed by atoms with Crippen molar-refractivity contribution < 1.29 is 0 Å². The van der Waals surface area contributed by atoms with Crippen LogP contribution in [0, 0.1) is 0 Å². The second-order valence-corrected chi connectivity index (χ2v) is 38.9. The van der Waals surface area contributed by atoms with Crippen LogP contribution in [-0.4, -0.2) is 44.9 Å². The number of aromatic nitrogens is 9. The molecule has 0 aliphatic rings. The van der Waals surface area contributed by atoms with E-state index in [2.05, 4.69) is 376 Å². The Kier molecular flexibility index (Phi) is 20.7. The average molecular weight is 1810 g/mol. The van der Waals surface area contributed by atoms with E-state index in [0.717, 1.165) is 66.8 Å². The van der Waals surface area contributed by atoms with Gasteiger partial charge in [-0.05, 0) is 122 Å². The van der Waals surface area contributed by atoms with Gasteiger partial charge in [0, 0.05) is 151 Å². The lowest BCUT2D eigenvalue weighted by Crippen LogP contribution is -2.00. The monoisotopic (exact) mass is 1810 g/mol. The molecule has 14 heteroatoms. The Bertz CT molecular complexity index is 9240. The molecule has 0 N–H and O–H groups in total. The van der Waals surface area contributed by atoms with E-state index in [9.17, 15) is 0 Å². The molecule has 0 spiro atoms. The number of hydrogen-bond donors (Lipinski definition) is 0. The van der Waals surface area contributed by atoms with Gasteiger partial charge in [0.1, 0.15) is 0 Å². The molecule has 8 heterocycles. The average Bonchev–Trinajstić information content (AvgIpc) is 1.69. The highest BCUT2D eigenvalue weighted by Gasteiger charge is 2.21. The van der Waals surface area contributed by atoms with Crippen molar-refractivity contribution in [3.63, 3.8) is 0 Å². The molecular weight excluding hydrogens is 1740 g/mol. The summed E-state index contributed by atoms with van der Waals surface area (Å²) in [5, 5.41) is 15.4. The normalized spacial score (nSPS) is 11.6. The molecule has 0 atom stereocenters. The van der Waals surface area contributed by atoms with Crippen molar-refractivity contribution in [3.05, 3.63) is 443 Å². The Morgan fingerprint density at radius 1 is 0.104 bits per heavy atom. The predicted octanol–water partition coefficient (Wildman–Crippen LogP) is 34.3. The summed E-state index contributed by atoms with van der Waals surface area (Å²) in [7, 11) is 0. The minimum absolute atomic E-state index is 0.653. The third-order valence-corrected chi connectivity index (χ3v) is 30.7. The van der Waals surface area contributed by atoms with Crippen LogP contribution in [0.4, 0.5) is 0 Å². The lowest BCUT2D eigenvalue weighted by molar-refractivity contribution is 1.07. The molecule has 27 aromatic rings. The van der Waals surface area contributed by atoms with Gasteiger partial charge in [0.05, 0.1) is 0 Å². The van der Waals surface area contributed by atoms with E-state index < -0.39 is 0 Å². The number of thiophene rings is 5. The molecule has 8 aromatic heterocycles. The Labute approximate surface area is 796 Å². The number of nitrogens with zero attached hydrogens (tertiary/aromatic N) is 9. The number of rotatable bonds is 13. The van der Waals surface area contributed by atoms with Gasteiger partial charge in [-0.3, -0.25) is 0 Å². The van der Waals surface area contributed by atoms with Gasteiger partial charge in [-0.1, -0.05) is 376 Å². The zero-order valence-electron chi connectivity index (χ0n) is 72.2. The van der Waals surface area contributed by atoms with Gasteiger partial charge in [-0.25, -0.2) is 44.9 Å². The molecule has 0 aliphatic carbocycles. The van der Waals surface area contributed by atoms with Crippen LogP contribution in [-0.2, 0) is 0 Å². The third-order valence-electron chi connectivity index (χ3n) is 25.1. The Morgan fingerprint density at radius 2 is 0.274 bits per heavy atom. The first kappa shape index (κ1) is 80.6. The van der Waals surface area contributed by atoms with Crippen LogP contribution in [0.3, 0.4) is 0 Å². The Morgan fingerprint density at radius 3 is 0.563 bits per heavy atom. The van der Waals surface area contributed by atoms with Crippen molar-refractivity contribution in [1.29, 1.82) is 0 Å². The lowest BCUT2D eigenvalue weighted by Gasteiger charge is -2.10. The fourth-order valence-electron chi connectivity index (χ4n) is 18.1. The van der Waals surface area contributed by atoms with Crippen LogP contribution < -0.4 is 0 Å². The summed E-state index contributed by atoms with van der Waals surface area (Å²) in [5.41, 5.74) is 18.1. The summed E-state index contributed by atoms with van der Waals surface area (Å²) in [4.78, 5) is 44.9. The van der Waals surface area contributed by atoms with Crippen LogP contribution in [0.5, 0.6) is 0 Å². The van der Waals surface area contributed by atoms with E-state index in [-0.39, 0.29) is 0 Å². The lowest BCUT2D eigenvalue weighted by atomic mass is 10.00. The van der Waals surface area contributed by atoms with E-state index >= 15 is 0 Å². The number of hydrogen-bond acceptors (Lipinski definition) is 14. The summed E-state index contributed by atoms with van der Waals surface area (Å²) in [5.74, 6) is 5.98. The van der Waals surface area contributed by atoms with E-state index in [4.69, 9.17) is 44.9 Å². The minimum Gasteiger partial charge on any atom is -0.208 e. The maximum absolute atomic E-state index is 5.08. The Hall–Kier alpha value is -16.4. The van der Waals surface area contributed by atoms with Crippen LogP contribution in [0.25, 0.3) is 259 Å². The van der Waals surface area contributed by atoms with Crippen LogP contribution in [0.1, 0.15) is 0 Å². The molecule has 0 unspecified atom stereocenters. The summed E-state index contributed by atoms with van der Waals surface area (Å²) in [6.45, 7) is 0. The van der Waals surface area contributed by atoms with Crippen LogP contribution in [0.15, 0.2) is 443 Å². The molecule has 9 nitrogen and oxygen atoms in total. The molecule has 632 valence electrons. The molecule has 0 saturated carbocycles. The molecule has 27 rings (SSSR count). The molecule has 0 radical (unpaired) electrons. The van der Waals surface area contributed by atoms with Crippen molar-refractivity contribution in [2.24, 2.45) is 0 Å². The van der Waals surface area contributed by atoms with Crippen molar-refractivity contribution in [3.8, 4) is 147 Å². The van der Waals surface area contributed by atoms with Gasteiger partial charge in [0.2, 0.25) is 0 Å². The van der Waals surface area contributed by atoms with Crippen molar-refractivity contribution >= 4 is 168 Å². The number of fused-ring (bicyclic) bond motifs is 16. The largest absolute Gasteiger partial charge is 0.208 e. The second-order valence-electron chi connectivity index (χ2n) is 33.4. The highest BCUT2D eigenvalue weighted by molar-refractivity contribution is 7.27. The standard InChI is InChI=1S/C45H27N3S2.C39H23N3S2.C37H23N3S/c1-2-8-28(9-3-1)29-14-18-31(19-15-29)43-46-44(48-45(47-43)34-23-25-38-36-11-5-7-13-40(36)50-42(38)27-34)32-20-16-30(17-21-32)33-22-24-37-35-10-4-6-12-39(35)49-41(37)26-33;1-2-8-25(9-3-1)37-40-38(42-39(41-37)28-19-21-32-30-11-5-7-13-34(30)44-36(32)23-28)26-16-14-24(15-17-26)27-18-20-31-29-10-4-6-12-33(29)43-35(31)22-27;1-2-9-26(10-3-1)35-38-36(27-17-14-25(15-18-27)29-19-16-24-8-4-5-11-28(24)22-29)40-37(39-35)30-20-21-32-31-12-6-7-13-33(31)41-34(32)23-30/h1-27H;1-23H;1-23H. The first-order valence-electron chi connectivity index (χ1n) is 44.7. The highest BCUT2D eigenvalue weighted by atomic mass is 32.1. The van der Waals surface area contributed by atoms with Gasteiger partial charge >= 0.3 is 0 Å². The fraction of sp³-hybridized carbons (Fsp3) is 0. The zero-order chi connectivity index (χ0) is 89.2. The molecule has 0 fully saturated rings. The highest BCUT2D eigenvalue weighted by Crippen LogP contribution is 2.44. The maximum atomic E-state index is 5.08. The van der Waals surface area contributed by atoms with Crippen molar-refractivity contribution in [1.82, 2.24) is 44.9 Å². The van der Waals surface area contributed by atoms with E-state index in [1.54, 1.807) is 34.0 Å². The van der Waals surface area contributed by atoms with E-state index in [1.165, 1.54) is 139 Å². The van der Waals surface area contributed by atoms with Crippen LogP contribution in [0.2, 0.25) is 0 Å². The smallest absolute Gasteiger partial charge is 0.164 e. The first-order chi connectivity index (χ1) is 66.8. The molecule has 0 amide bonds. The molecule has 135 heavy (non-hydrogen) atoms. The van der Waals surface area contributed by atoms with Gasteiger partial charge in [-0.2, -0.15) is 0 Å². The SMILES string of the molecule is c1ccc(-c2ccc(-c3nc(-c4ccc(-c5ccc6c(c5)sc5ccccc56)cc4)nc(-c4ccc5c(c4)sc4ccccc45)n3)cc2)cc1.c1ccc(-c2nc(-c3ccc(-c4ccc5c(c4)sc4ccccc45)cc3)nc(-c3ccc4c(c3)sc3ccccc34)n2)cc1.c1ccc(-c2nc(-c3ccc(-c4ccc5ccccc5c4)cc3)nc(-c3ccc4c(c3)sc3ccccc34)n2)cc1. The third kappa shape index (κ3) is 15.8. The van der Waals surface area contributed by atoms with Crippen LogP contribution >= 0.6 is 56.7 Å².